The summed E-state index contributed by atoms with van der Waals surface area (Å²) in [5.74, 6) is 0.733. The monoisotopic (exact) mass is 288 g/mol. The molecule has 1 aromatic carbocycles. The number of nitrogens with zero attached hydrogens (tertiary/aromatic N) is 1. The number of hydrogen-bond donors (Lipinski definition) is 1. The second kappa shape index (κ2) is 7.55. The smallest absolute Gasteiger partial charge is 0.0936 e. The molecular weight excluding hydrogens is 264 g/mol. The van der Waals surface area contributed by atoms with E-state index < -0.39 is 0 Å². The number of rotatable bonds is 7. The summed E-state index contributed by atoms with van der Waals surface area (Å²) in [5.41, 5.74) is 2.39. The molecule has 0 aliphatic heterocycles. The molecule has 0 atom stereocenters. The zero-order valence-corrected chi connectivity index (χ0v) is 13.5. The average Bonchev–Trinajstić information content (AvgIpc) is 2.87. The maximum Gasteiger partial charge on any atom is 0.0936 e. The van der Waals surface area contributed by atoms with E-state index in [1.165, 1.54) is 21.9 Å². The van der Waals surface area contributed by atoms with Gasteiger partial charge in [-0.15, -0.1) is 11.3 Å². The van der Waals surface area contributed by atoms with Crippen molar-refractivity contribution in [2.24, 2.45) is 5.92 Å². The molecule has 1 heterocycles. The lowest BCUT2D eigenvalue weighted by Gasteiger charge is -2.02. The molecule has 2 nitrogen and oxygen atoms in total. The molecule has 0 saturated heterocycles. The lowest BCUT2D eigenvalue weighted by molar-refractivity contribution is 0.585. The van der Waals surface area contributed by atoms with Gasteiger partial charge in [0, 0.05) is 17.0 Å². The molecule has 0 radical (unpaired) electrons. The molecule has 2 aromatic rings. The highest BCUT2D eigenvalue weighted by Crippen LogP contribution is 2.29. The molecule has 0 amide bonds. The second-order valence-electron chi connectivity index (χ2n) is 5.46. The van der Waals surface area contributed by atoms with Gasteiger partial charge in [-0.3, -0.25) is 0 Å². The Morgan fingerprint density at radius 2 is 1.95 bits per heavy atom. The first-order valence-corrected chi connectivity index (χ1v) is 8.27. The molecule has 0 unspecified atom stereocenters. The van der Waals surface area contributed by atoms with Crippen LogP contribution in [0.15, 0.2) is 30.3 Å². The van der Waals surface area contributed by atoms with Gasteiger partial charge in [0.15, 0.2) is 0 Å². The van der Waals surface area contributed by atoms with E-state index in [0.29, 0.717) is 0 Å². The summed E-state index contributed by atoms with van der Waals surface area (Å²) >= 11 is 1.86. The molecule has 1 N–H and O–H groups in total. The van der Waals surface area contributed by atoms with Crippen molar-refractivity contribution in [2.45, 2.75) is 40.2 Å². The Morgan fingerprint density at radius 3 is 2.60 bits per heavy atom. The SMILES string of the molecule is CCNCc1sc(CCC(C)C)nc1-c1ccccc1. The highest BCUT2D eigenvalue weighted by molar-refractivity contribution is 7.12. The van der Waals surface area contributed by atoms with Gasteiger partial charge in [-0.1, -0.05) is 51.1 Å². The van der Waals surface area contributed by atoms with Crippen molar-refractivity contribution in [3.8, 4) is 11.3 Å². The number of hydrogen-bond acceptors (Lipinski definition) is 3. The first-order valence-electron chi connectivity index (χ1n) is 7.45. The lowest BCUT2D eigenvalue weighted by Crippen LogP contribution is -2.11. The molecule has 3 heteroatoms. The lowest BCUT2D eigenvalue weighted by atomic mass is 10.1. The van der Waals surface area contributed by atoms with Crippen molar-refractivity contribution in [3.63, 3.8) is 0 Å². The zero-order valence-electron chi connectivity index (χ0n) is 12.6. The van der Waals surface area contributed by atoms with Gasteiger partial charge in [0.25, 0.3) is 0 Å². The first kappa shape index (κ1) is 15.2. The minimum absolute atomic E-state index is 0.733. The third kappa shape index (κ3) is 4.15. The fourth-order valence-corrected chi connectivity index (χ4v) is 3.18. The molecular formula is C17H24N2S. The molecule has 1 aromatic heterocycles. The van der Waals surface area contributed by atoms with Gasteiger partial charge >= 0.3 is 0 Å². The van der Waals surface area contributed by atoms with Crippen LogP contribution >= 0.6 is 11.3 Å². The molecule has 0 bridgehead atoms. The largest absolute Gasteiger partial charge is 0.312 e. The van der Waals surface area contributed by atoms with Crippen molar-refractivity contribution < 1.29 is 0 Å². The summed E-state index contributed by atoms with van der Waals surface area (Å²) in [6.07, 6.45) is 2.30. The number of aryl methyl sites for hydroxylation is 1. The molecule has 0 fully saturated rings. The number of aromatic nitrogens is 1. The fourth-order valence-electron chi connectivity index (χ4n) is 2.10. The van der Waals surface area contributed by atoms with Crippen LogP contribution in [0.2, 0.25) is 0 Å². The third-order valence-electron chi connectivity index (χ3n) is 3.26. The van der Waals surface area contributed by atoms with Crippen LogP contribution in [0.4, 0.5) is 0 Å². The van der Waals surface area contributed by atoms with E-state index in [9.17, 15) is 0 Å². The van der Waals surface area contributed by atoms with E-state index >= 15 is 0 Å². The van der Waals surface area contributed by atoms with Gasteiger partial charge in [0.1, 0.15) is 0 Å². The Balaban J connectivity index is 2.23. The van der Waals surface area contributed by atoms with Crippen molar-refractivity contribution in [2.75, 3.05) is 6.54 Å². The second-order valence-corrected chi connectivity index (χ2v) is 6.63. The molecule has 0 aliphatic carbocycles. The Bertz CT molecular complexity index is 517. The van der Waals surface area contributed by atoms with E-state index in [2.05, 4.69) is 56.4 Å². The number of nitrogens with one attached hydrogen (secondary N) is 1. The Hall–Kier alpha value is -1.19. The fraction of sp³-hybridized carbons (Fsp3) is 0.471. The van der Waals surface area contributed by atoms with E-state index in [4.69, 9.17) is 4.98 Å². The zero-order chi connectivity index (χ0) is 14.4. The van der Waals surface area contributed by atoms with Crippen molar-refractivity contribution in [3.05, 3.63) is 40.2 Å². The van der Waals surface area contributed by atoms with Gasteiger partial charge in [0.05, 0.1) is 10.7 Å². The molecule has 108 valence electrons. The molecule has 0 saturated carbocycles. The number of benzene rings is 1. The van der Waals surface area contributed by atoms with Gasteiger partial charge in [-0.05, 0) is 25.3 Å². The van der Waals surface area contributed by atoms with Crippen molar-refractivity contribution in [1.82, 2.24) is 10.3 Å². The van der Waals surface area contributed by atoms with Crippen LogP contribution in [0.1, 0.15) is 37.1 Å². The highest BCUT2D eigenvalue weighted by Gasteiger charge is 2.12. The summed E-state index contributed by atoms with van der Waals surface area (Å²) < 4.78 is 0. The standard InChI is InChI=1S/C17H24N2S/c1-4-18-12-15-17(14-8-6-5-7-9-14)19-16(20-15)11-10-13(2)3/h5-9,13,18H,4,10-12H2,1-3H3. The van der Waals surface area contributed by atoms with Crippen molar-refractivity contribution in [1.29, 1.82) is 0 Å². The van der Waals surface area contributed by atoms with Gasteiger partial charge in [-0.2, -0.15) is 0 Å². The van der Waals surface area contributed by atoms with Crippen LogP contribution in [0.3, 0.4) is 0 Å². The predicted octanol–water partition coefficient (Wildman–Crippen LogP) is 4.51. The quantitative estimate of drug-likeness (QED) is 0.811. The maximum absolute atomic E-state index is 4.88. The first-order chi connectivity index (χ1) is 9.70. The van der Waals surface area contributed by atoms with Crippen LogP contribution in [0, 0.1) is 5.92 Å². The minimum atomic E-state index is 0.733. The predicted molar refractivity (Wildman–Crippen MR) is 88.1 cm³/mol. The van der Waals surface area contributed by atoms with Crippen LogP contribution in [0.5, 0.6) is 0 Å². The topological polar surface area (TPSA) is 24.9 Å². The Kier molecular flexibility index (Phi) is 5.74. The summed E-state index contributed by atoms with van der Waals surface area (Å²) in [6, 6.07) is 10.5. The van der Waals surface area contributed by atoms with E-state index in [-0.39, 0.29) is 0 Å². The van der Waals surface area contributed by atoms with E-state index in [1.54, 1.807) is 0 Å². The molecule has 0 spiro atoms. The molecule has 2 rings (SSSR count). The Morgan fingerprint density at radius 1 is 1.20 bits per heavy atom. The van der Waals surface area contributed by atoms with Crippen LogP contribution in [-0.2, 0) is 13.0 Å². The van der Waals surface area contributed by atoms with Crippen molar-refractivity contribution >= 4 is 11.3 Å². The molecule has 0 aliphatic rings. The van der Waals surface area contributed by atoms with Crippen LogP contribution < -0.4 is 5.32 Å². The third-order valence-corrected chi connectivity index (χ3v) is 4.38. The summed E-state index contributed by atoms with van der Waals surface area (Å²) in [4.78, 5) is 6.24. The summed E-state index contributed by atoms with van der Waals surface area (Å²) in [6.45, 7) is 8.59. The minimum Gasteiger partial charge on any atom is -0.312 e. The number of thiazole rings is 1. The Labute approximate surface area is 126 Å². The van der Waals surface area contributed by atoms with E-state index in [1.807, 2.05) is 11.3 Å². The normalized spacial score (nSPS) is 11.2. The van der Waals surface area contributed by atoms with Gasteiger partial charge in [-0.25, -0.2) is 4.98 Å². The van der Waals surface area contributed by atoms with Crippen LogP contribution in [0.25, 0.3) is 11.3 Å². The van der Waals surface area contributed by atoms with Gasteiger partial charge < -0.3 is 5.32 Å². The molecule has 20 heavy (non-hydrogen) atoms. The summed E-state index contributed by atoms with van der Waals surface area (Å²) in [5, 5.41) is 4.69. The average molecular weight is 288 g/mol. The van der Waals surface area contributed by atoms with E-state index in [0.717, 1.165) is 31.1 Å². The summed E-state index contributed by atoms with van der Waals surface area (Å²) in [7, 11) is 0. The van der Waals surface area contributed by atoms with Crippen LogP contribution in [-0.4, -0.2) is 11.5 Å². The maximum atomic E-state index is 4.88. The highest BCUT2D eigenvalue weighted by atomic mass is 32.1. The van der Waals surface area contributed by atoms with Gasteiger partial charge in [0.2, 0.25) is 0 Å².